The monoisotopic (exact) mass is 294 g/mol. The lowest BCUT2D eigenvalue weighted by atomic mass is 9.98. The largest absolute Gasteiger partial charge is 0.419 e. The lowest BCUT2D eigenvalue weighted by Crippen LogP contribution is -2.46. The molecule has 7 heteroatoms. The second-order valence-electron chi connectivity index (χ2n) is 4.66. The van der Waals surface area contributed by atoms with Gasteiger partial charge in [0.1, 0.15) is 12.5 Å². The van der Waals surface area contributed by atoms with Crippen molar-refractivity contribution in [3.63, 3.8) is 0 Å². The summed E-state index contributed by atoms with van der Waals surface area (Å²) in [5.74, 6) is -1.36. The Morgan fingerprint density at radius 2 is 1.85 bits per heavy atom. The molecule has 1 fully saturated rings. The highest BCUT2D eigenvalue weighted by atomic mass is 19.4. The molecule has 1 aromatic rings. The second kappa shape index (κ2) is 6.05. The normalized spacial score (nSPS) is 19.1. The first-order chi connectivity index (χ1) is 9.45. The van der Waals surface area contributed by atoms with Gasteiger partial charge in [-0.3, -0.25) is 4.90 Å². The van der Waals surface area contributed by atoms with Crippen LogP contribution < -0.4 is 5.32 Å². The minimum Gasteiger partial charge on any atom is -0.314 e. The van der Waals surface area contributed by atoms with Gasteiger partial charge < -0.3 is 5.32 Å². The fraction of sp³-hybridized carbons (Fsp3) is 0.538. The van der Waals surface area contributed by atoms with Crippen LogP contribution in [0.1, 0.15) is 17.2 Å². The molecule has 112 valence electrons. The first-order valence-electron chi connectivity index (χ1n) is 6.31. The van der Waals surface area contributed by atoms with Gasteiger partial charge in [0.15, 0.2) is 0 Å². The lowest BCUT2D eigenvalue weighted by molar-refractivity contribution is -0.141. The van der Waals surface area contributed by atoms with E-state index in [-0.39, 0.29) is 5.56 Å². The van der Waals surface area contributed by atoms with Gasteiger partial charge in [-0.15, -0.1) is 0 Å². The molecule has 1 aliphatic heterocycles. The van der Waals surface area contributed by atoms with Crippen LogP contribution in [0, 0.1) is 5.82 Å². The van der Waals surface area contributed by atoms with Gasteiger partial charge in [0, 0.05) is 26.2 Å². The predicted octanol–water partition coefficient (Wildman–Crippen LogP) is 2.76. The number of rotatable bonds is 3. The van der Waals surface area contributed by atoms with Gasteiger partial charge in [0.05, 0.1) is 11.6 Å². The molecule has 1 aliphatic rings. The van der Waals surface area contributed by atoms with Crippen molar-refractivity contribution in [1.82, 2.24) is 10.2 Å². The van der Waals surface area contributed by atoms with Crippen molar-refractivity contribution < 1.29 is 22.0 Å². The highest BCUT2D eigenvalue weighted by molar-refractivity contribution is 5.34. The molecule has 2 rings (SSSR count). The van der Waals surface area contributed by atoms with Crippen molar-refractivity contribution in [3.05, 3.63) is 35.1 Å². The van der Waals surface area contributed by atoms with E-state index in [1.54, 1.807) is 4.90 Å². The molecule has 0 spiro atoms. The Hall–Kier alpha value is -1.21. The summed E-state index contributed by atoms with van der Waals surface area (Å²) in [5.41, 5.74) is -1.69. The lowest BCUT2D eigenvalue weighted by Gasteiger charge is -2.34. The second-order valence-corrected chi connectivity index (χ2v) is 4.66. The molecule has 1 N–H and O–H groups in total. The summed E-state index contributed by atoms with van der Waals surface area (Å²) in [4.78, 5) is 1.61. The van der Waals surface area contributed by atoms with Crippen molar-refractivity contribution in [2.24, 2.45) is 0 Å². The number of hydrogen-bond donors (Lipinski definition) is 1. The average molecular weight is 294 g/mol. The Labute approximate surface area is 113 Å². The molecule has 2 nitrogen and oxygen atoms in total. The summed E-state index contributed by atoms with van der Waals surface area (Å²) in [5, 5.41) is 3.04. The molecule has 1 heterocycles. The minimum atomic E-state index is -4.83. The molecule has 1 atom stereocenters. The molecular weight excluding hydrogens is 279 g/mol. The van der Waals surface area contributed by atoms with Crippen molar-refractivity contribution in [1.29, 1.82) is 0 Å². The minimum absolute atomic E-state index is 0.332. The number of piperazine rings is 1. The Balaban J connectivity index is 2.41. The van der Waals surface area contributed by atoms with E-state index in [1.165, 1.54) is 6.07 Å². The molecule has 0 radical (unpaired) electrons. The third-order valence-electron chi connectivity index (χ3n) is 3.43. The van der Waals surface area contributed by atoms with Crippen LogP contribution in [0.2, 0.25) is 0 Å². The Morgan fingerprint density at radius 1 is 1.20 bits per heavy atom. The van der Waals surface area contributed by atoms with Gasteiger partial charge in [0.25, 0.3) is 0 Å². The summed E-state index contributed by atoms with van der Waals surface area (Å²) in [6, 6.07) is 2.02. The van der Waals surface area contributed by atoms with Gasteiger partial charge in [-0.2, -0.15) is 13.2 Å². The fourth-order valence-electron chi connectivity index (χ4n) is 2.49. The topological polar surface area (TPSA) is 15.3 Å². The fourth-order valence-corrected chi connectivity index (χ4v) is 2.49. The van der Waals surface area contributed by atoms with E-state index in [2.05, 4.69) is 5.32 Å². The molecular formula is C13H15F5N2. The third-order valence-corrected chi connectivity index (χ3v) is 3.43. The van der Waals surface area contributed by atoms with Crippen LogP contribution in [-0.4, -0.2) is 37.8 Å². The van der Waals surface area contributed by atoms with Crippen molar-refractivity contribution in [2.75, 3.05) is 32.9 Å². The molecule has 0 saturated carbocycles. The molecule has 0 bridgehead atoms. The van der Waals surface area contributed by atoms with E-state index in [0.717, 1.165) is 12.1 Å². The zero-order valence-electron chi connectivity index (χ0n) is 10.7. The van der Waals surface area contributed by atoms with Gasteiger partial charge in [-0.25, -0.2) is 8.78 Å². The van der Waals surface area contributed by atoms with E-state index in [4.69, 9.17) is 0 Å². The van der Waals surface area contributed by atoms with Crippen molar-refractivity contribution in [3.8, 4) is 0 Å². The number of halogens is 5. The molecule has 20 heavy (non-hydrogen) atoms. The van der Waals surface area contributed by atoms with Crippen LogP contribution in [0.4, 0.5) is 22.0 Å². The van der Waals surface area contributed by atoms with E-state index in [1.807, 2.05) is 0 Å². The number of nitrogens with one attached hydrogen (secondary N) is 1. The maximum Gasteiger partial charge on any atom is 0.419 e. The van der Waals surface area contributed by atoms with E-state index >= 15 is 0 Å². The molecule has 1 saturated heterocycles. The quantitative estimate of drug-likeness (QED) is 0.862. The molecule has 0 unspecified atom stereocenters. The van der Waals surface area contributed by atoms with Crippen LogP contribution in [0.25, 0.3) is 0 Å². The highest BCUT2D eigenvalue weighted by Crippen LogP contribution is 2.38. The average Bonchev–Trinajstić information content (AvgIpc) is 2.39. The number of alkyl halides is 4. The molecule has 1 aromatic carbocycles. The third kappa shape index (κ3) is 3.09. The summed E-state index contributed by atoms with van der Waals surface area (Å²) >= 11 is 0. The smallest absolute Gasteiger partial charge is 0.314 e. The van der Waals surface area contributed by atoms with Gasteiger partial charge >= 0.3 is 6.18 Å². The molecule has 0 amide bonds. The van der Waals surface area contributed by atoms with Crippen LogP contribution in [0.15, 0.2) is 18.2 Å². The summed E-state index contributed by atoms with van der Waals surface area (Å²) in [6.45, 7) is 1.04. The number of benzene rings is 1. The number of hydrogen-bond acceptors (Lipinski definition) is 2. The molecule has 0 aliphatic carbocycles. The Morgan fingerprint density at radius 3 is 2.40 bits per heavy atom. The summed E-state index contributed by atoms with van der Waals surface area (Å²) in [7, 11) is 0. The zero-order chi connectivity index (χ0) is 14.8. The van der Waals surface area contributed by atoms with Crippen molar-refractivity contribution in [2.45, 2.75) is 12.2 Å². The van der Waals surface area contributed by atoms with Crippen LogP contribution in [0.5, 0.6) is 0 Å². The van der Waals surface area contributed by atoms with E-state index < -0.39 is 30.3 Å². The van der Waals surface area contributed by atoms with Crippen LogP contribution in [-0.2, 0) is 6.18 Å². The maximum absolute atomic E-state index is 13.5. The van der Waals surface area contributed by atoms with E-state index in [9.17, 15) is 22.0 Å². The first-order valence-corrected chi connectivity index (χ1v) is 6.31. The maximum atomic E-state index is 13.5. The summed E-state index contributed by atoms with van der Waals surface area (Å²) in [6.07, 6.45) is -4.83. The number of nitrogens with zero attached hydrogens (tertiary/aromatic N) is 1. The van der Waals surface area contributed by atoms with Gasteiger partial charge in [-0.1, -0.05) is 12.1 Å². The van der Waals surface area contributed by atoms with Crippen molar-refractivity contribution >= 4 is 0 Å². The first kappa shape index (κ1) is 15.2. The Bertz CT molecular complexity index is 455. The van der Waals surface area contributed by atoms with Crippen LogP contribution >= 0.6 is 0 Å². The molecule has 0 aromatic heterocycles. The van der Waals surface area contributed by atoms with Gasteiger partial charge in [-0.05, 0) is 11.6 Å². The zero-order valence-corrected chi connectivity index (χ0v) is 10.7. The van der Waals surface area contributed by atoms with Gasteiger partial charge in [0.2, 0.25) is 0 Å². The Kier molecular flexibility index (Phi) is 4.59. The predicted molar refractivity (Wildman–Crippen MR) is 64.6 cm³/mol. The highest BCUT2D eigenvalue weighted by Gasteiger charge is 2.39. The van der Waals surface area contributed by atoms with E-state index in [0.29, 0.717) is 26.2 Å². The standard InChI is InChI=1S/C13H15F5N2/c14-8-11(20-6-4-19-5-7-20)9-2-1-3-10(15)12(9)13(16,17)18/h1-3,11,19H,4-8H2/t11-/m0/s1. The van der Waals surface area contributed by atoms with Crippen LogP contribution in [0.3, 0.4) is 0 Å². The summed E-state index contributed by atoms with van der Waals surface area (Å²) < 4.78 is 65.8. The SMILES string of the molecule is FC[C@@H](c1cccc(F)c1C(F)(F)F)N1CCNCC1.